The van der Waals surface area contributed by atoms with E-state index in [2.05, 4.69) is 66.4 Å². The summed E-state index contributed by atoms with van der Waals surface area (Å²) in [6.45, 7) is 21.2. The molecule has 0 heterocycles. The Morgan fingerprint density at radius 1 is 1.19 bits per heavy atom. The predicted molar refractivity (Wildman–Crippen MR) is 136 cm³/mol. The van der Waals surface area contributed by atoms with Crippen molar-refractivity contribution in [3.8, 4) is 0 Å². The molecule has 0 unspecified atom stereocenters. The Kier molecular flexibility index (Phi) is 7.50. The lowest BCUT2D eigenvalue weighted by Crippen LogP contribution is -2.44. The first kappa shape index (κ1) is 25.0. The highest BCUT2D eigenvalue weighted by atomic mass is 28.4. The summed E-state index contributed by atoms with van der Waals surface area (Å²) >= 11 is 0. The summed E-state index contributed by atoms with van der Waals surface area (Å²) in [5.41, 5.74) is 4.73. The average molecular weight is 445 g/mol. The minimum atomic E-state index is -1.74. The van der Waals surface area contributed by atoms with E-state index in [9.17, 15) is 5.11 Å². The van der Waals surface area contributed by atoms with Crippen molar-refractivity contribution >= 4 is 8.32 Å². The smallest absolute Gasteiger partial charge is 0.192 e. The normalized spacial score (nSPS) is 36.1. The van der Waals surface area contributed by atoms with Crippen LogP contribution in [0.1, 0.15) is 86.0 Å². The van der Waals surface area contributed by atoms with Gasteiger partial charge in [0.2, 0.25) is 0 Å². The summed E-state index contributed by atoms with van der Waals surface area (Å²) < 4.78 is 6.76. The molecule has 0 bridgehead atoms. The summed E-state index contributed by atoms with van der Waals surface area (Å²) in [7, 11) is -1.74. The predicted octanol–water partition coefficient (Wildman–Crippen LogP) is 7.81. The van der Waals surface area contributed by atoms with E-state index < -0.39 is 8.32 Å². The lowest BCUT2D eigenvalue weighted by Gasteiger charge is -2.44. The third kappa shape index (κ3) is 5.14. The molecule has 0 spiro atoms. The molecule has 176 valence electrons. The molecular weight excluding hydrogens is 396 g/mol. The van der Waals surface area contributed by atoms with Crippen molar-refractivity contribution in [2.75, 3.05) is 6.61 Å². The third-order valence-corrected chi connectivity index (χ3v) is 14.0. The minimum Gasteiger partial charge on any atom is -0.414 e. The van der Waals surface area contributed by atoms with Gasteiger partial charge in [0, 0.05) is 12.7 Å². The van der Waals surface area contributed by atoms with Crippen molar-refractivity contribution in [2.45, 2.75) is 110 Å². The summed E-state index contributed by atoms with van der Waals surface area (Å²) in [5.74, 6) is 1.76. The summed E-state index contributed by atoms with van der Waals surface area (Å²) in [6.07, 6.45) is 14.8. The van der Waals surface area contributed by atoms with E-state index in [1.165, 1.54) is 43.3 Å². The average Bonchev–Trinajstić information content (AvgIpc) is 3.04. The van der Waals surface area contributed by atoms with Crippen LogP contribution in [0.3, 0.4) is 0 Å². The lowest BCUT2D eigenvalue weighted by atomic mass is 9.61. The van der Waals surface area contributed by atoms with Crippen molar-refractivity contribution in [3.63, 3.8) is 0 Å². The molecule has 3 rings (SSSR count). The highest BCUT2D eigenvalue weighted by Crippen LogP contribution is 2.59. The fourth-order valence-corrected chi connectivity index (χ4v) is 7.80. The van der Waals surface area contributed by atoms with E-state index in [1.54, 1.807) is 5.57 Å². The molecule has 31 heavy (non-hydrogen) atoms. The first-order valence-electron chi connectivity index (χ1n) is 12.8. The van der Waals surface area contributed by atoms with Gasteiger partial charge in [-0.25, -0.2) is 0 Å². The third-order valence-electron chi connectivity index (χ3n) is 9.45. The maximum Gasteiger partial charge on any atom is 0.192 e. The quantitative estimate of drug-likeness (QED) is 0.438. The topological polar surface area (TPSA) is 29.5 Å². The van der Waals surface area contributed by atoms with Gasteiger partial charge in [0.1, 0.15) is 0 Å². The standard InChI is InChI=1S/C28H48O2Si/c1-20-11-14-24(30-31(7,8)27(3,4)5)18-23(20)13-12-22-10-9-17-28(6)25(21(2)19-29)15-16-26(22)28/h12-13,21,24-26,29H,1,9-11,14-19H2,2-8H3/t21-,24+,25-,26+,28-/m1/s1. The second-order valence-corrected chi connectivity index (χ2v) is 17.3. The Bertz CT molecular complexity index is 726. The maximum absolute atomic E-state index is 9.78. The van der Waals surface area contributed by atoms with Gasteiger partial charge < -0.3 is 9.53 Å². The van der Waals surface area contributed by atoms with Gasteiger partial charge in [-0.1, -0.05) is 64.5 Å². The van der Waals surface area contributed by atoms with Crippen molar-refractivity contribution < 1.29 is 9.53 Å². The van der Waals surface area contributed by atoms with E-state index in [0.717, 1.165) is 19.3 Å². The molecule has 0 amide bonds. The second kappa shape index (κ2) is 9.31. The number of hydrogen-bond donors (Lipinski definition) is 1. The number of hydrogen-bond acceptors (Lipinski definition) is 2. The number of rotatable bonds is 5. The van der Waals surface area contributed by atoms with Crippen LogP contribution in [0.15, 0.2) is 35.5 Å². The van der Waals surface area contributed by atoms with Crippen LogP contribution < -0.4 is 0 Å². The molecule has 3 fully saturated rings. The molecule has 5 atom stereocenters. The van der Waals surface area contributed by atoms with E-state index in [0.29, 0.717) is 35.9 Å². The van der Waals surface area contributed by atoms with Crippen LogP contribution >= 0.6 is 0 Å². The lowest BCUT2D eigenvalue weighted by molar-refractivity contribution is 0.0690. The van der Waals surface area contributed by atoms with E-state index >= 15 is 0 Å². The van der Waals surface area contributed by atoms with E-state index in [-0.39, 0.29) is 5.04 Å². The Hall–Kier alpha value is -0.643. The molecule has 0 aliphatic heterocycles. The Morgan fingerprint density at radius 3 is 2.55 bits per heavy atom. The molecule has 3 aliphatic carbocycles. The zero-order valence-corrected chi connectivity index (χ0v) is 22.4. The second-order valence-electron chi connectivity index (χ2n) is 12.5. The Balaban J connectivity index is 1.75. The van der Waals surface area contributed by atoms with Crippen LogP contribution in [0, 0.1) is 23.2 Å². The van der Waals surface area contributed by atoms with Gasteiger partial charge in [0.25, 0.3) is 0 Å². The number of aliphatic hydroxyl groups excluding tert-OH is 1. The SMILES string of the molecule is C=C1CC[C@H](O[Si](C)(C)C(C)(C)C)CC1=CC=C1CCC[C@]2(C)[C@@H]([C@H](C)CO)CC[C@@H]12. The highest BCUT2D eigenvalue weighted by Gasteiger charge is 2.50. The van der Waals surface area contributed by atoms with Crippen LogP contribution in [0.25, 0.3) is 0 Å². The summed E-state index contributed by atoms with van der Waals surface area (Å²) in [6, 6.07) is 0. The van der Waals surface area contributed by atoms with Crippen LogP contribution in [-0.2, 0) is 4.43 Å². The van der Waals surface area contributed by atoms with Gasteiger partial charge in [-0.2, -0.15) is 0 Å². The number of allylic oxidation sites excluding steroid dienone is 4. The van der Waals surface area contributed by atoms with Crippen molar-refractivity contribution in [1.29, 1.82) is 0 Å². The van der Waals surface area contributed by atoms with Gasteiger partial charge >= 0.3 is 0 Å². The molecule has 3 aliphatic rings. The maximum atomic E-state index is 9.78. The molecule has 0 radical (unpaired) electrons. The fourth-order valence-electron chi connectivity index (χ4n) is 6.42. The first-order valence-corrected chi connectivity index (χ1v) is 15.7. The molecule has 3 heteroatoms. The van der Waals surface area contributed by atoms with Crippen LogP contribution in [-0.4, -0.2) is 26.1 Å². The Labute approximate surface area is 193 Å². The molecule has 0 saturated heterocycles. The summed E-state index contributed by atoms with van der Waals surface area (Å²) in [4.78, 5) is 0. The van der Waals surface area contributed by atoms with Gasteiger partial charge in [-0.05, 0) is 98.2 Å². The van der Waals surface area contributed by atoms with Gasteiger partial charge in [0.05, 0.1) is 0 Å². The molecule has 0 aromatic carbocycles. The molecular formula is C28H48O2Si. The van der Waals surface area contributed by atoms with Gasteiger partial charge in [0.15, 0.2) is 8.32 Å². The zero-order chi connectivity index (χ0) is 23.0. The molecule has 2 nitrogen and oxygen atoms in total. The monoisotopic (exact) mass is 444 g/mol. The Morgan fingerprint density at radius 2 is 1.90 bits per heavy atom. The van der Waals surface area contributed by atoms with Crippen LogP contribution in [0.5, 0.6) is 0 Å². The number of fused-ring (bicyclic) bond motifs is 1. The molecule has 3 saturated carbocycles. The molecule has 0 aromatic rings. The number of aliphatic hydroxyl groups is 1. The highest BCUT2D eigenvalue weighted by molar-refractivity contribution is 6.74. The minimum absolute atomic E-state index is 0.255. The molecule has 1 N–H and O–H groups in total. The van der Waals surface area contributed by atoms with Crippen LogP contribution in [0.4, 0.5) is 0 Å². The molecule has 0 aromatic heterocycles. The fraction of sp³-hybridized carbons (Fsp3) is 0.786. The van der Waals surface area contributed by atoms with Crippen LogP contribution in [0.2, 0.25) is 18.1 Å². The van der Waals surface area contributed by atoms with E-state index in [4.69, 9.17) is 4.43 Å². The van der Waals surface area contributed by atoms with Gasteiger partial charge in [-0.15, -0.1) is 0 Å². The summed E-state index contributed by atoms with van der Waals surface area (Å²) in [5, 5.41) is 10.0. The largest absolute Gasteiger partial charge is 0.414 e. The van der Waals surface area contributed by atoms with Crippen molar-refractivity contribution in [1.82, 2.24) is 0 Å². The zero-order valence-electron chi connectivity index (χ0n) is 21.4. The van der Waals surface area contributed by atoms with Gasteiger partial charge in [-0.3, -0.25) is 0 Å². The first-order chi connectivity index (χ1) is 14.4. The van der Waals surface area contributed by atoms with Crippen molar-refractivity contribution in [2.24, 2.45) is 23.2 Å². The van der Waals surface area contributed by atoms with E-state index in [1.807, 2.05) is 0 Å². The van der Waals surface area contributed by atoms with Crippen molar-refractivity contribution in [3.05, 3.63) is 35.5 Å².